The molecule has 1 N–H and O–H groups in total. The van der Waals surface area contributed by atoms with E-state index in [1.165, 1.54) is 0 Å². The lowest BCUT2D eigenvalue weighted by Crippen LogP contribution is -2.51. The summed E-state index contributed by atoms with van der Waals surface area (Å²) in [6, 6.07) is 7.66. The number of likely N-dealkylation sites (N-methyl/N-ethyl adjacent to an activating group) is 1. The van der Waals surface area contributed by atoms with Gasteiger partial charge in [0.25, 0.3) is 0 Å². The second kappa shape index (κ2) is 8.53. The zero-order valence-electron chi connectivity index (χ0n) is 13.9. The van der Waals surface area contributed by atoms with E-state index < -0.39 is 0 Å². The van der Waals surface area contributed by atoms with Crippen molar-refractivity contribution in [3.05, 3.63) is 29.8 Å². The van der Waals surface area contributed by atoms with Crippen molar-refractivity contribution in [1.29, 1.82) is 0 Å². The number of ether oxygens (including phenoxy) is 1. The van der Waals surface area contributed by atoms with Crippen LogP contribution in [-0.4, -0.2) is 68.0 Å². The molecular weight excluding hydrogens is 294 g/mol. The Bertz CT molecular complexity index is 522. The van der Waals surface area contributed by atoms with Crippen LogP contribution < -0.4 is 10.1 Å². The molecular formula is C17H25N3O3. The molecule has 1 saturated heterocycles. The van der Waals surface area contributed by atoms with Gasteiger partial charge in [0.05, 0.1) is 19.6 Å². The molecule has 2 rings (SSSR count). The molecule has 6 nitrogen and oxygen atoms in total. The van der Waals surface area contributed by atoms with Gasteiger partial charge in [0, 0.05) is 33.2 Å². The number of hydrogen-bond donors (Lipinski definition) is 1. The van der Waals surface area contributed by atoms with Crippen LogP contribution in [0.15, 0.2) is 24.3 Å². The van der Waals surface area contributed by atoms with E-state index in [0.29, 0.717) is 32.7 Å². The quantitative estimate of drug-likeness (QED) is 0.830. The fraction of sp³-hybridized carbons (Fsp3) is 0.529. The third-order valence-corrected chi connectivity index (χ3v) is 3.96. The number of carbonyl (C=O) groups is 2. The molecule has 0 aromatic heterocycles. The third kappa shape index (κ3) is 5.25. The second-order valence-corrected chi connectivity index (χ2v) is 5.58. The lowest BCUT2D eigenvalue weighted by molar-refractivity contribution is -0.132. The molecule has 0 saturated carbocycles. The Hall–Kier alpha value is -2.08. The summed E-state index contributed by atoms with van der Waals surface area (Å²) in [6.45, 7) is 5.81. The first-order valence-corrected chi connectivity index (χ1v) is 8.04. The molecule has 1 fully saturated rings. The Morgan fingerprint density at radius 3 is 2.35 bits per heavy atom. The topological polar surface area (TPSA) is 61.9 Å². The van der Waals surface area contributed by atoms with Crippen molar-refractivity contribution in [2.24, 2.45) is 0 Å². The second-order valence-electron chi connectivity index (χ2n) is 5.58. The summed E-state index contributed by atoms with van der Waals surface area (Å²) in [7, 11) is 1.64. The van der Waals surface area contributed by atoms with Crippen molar-refractivity contribution in [3.8, 4) is 5.75 Å². The Morgan fingerprint density at radius 1 is 1.13 bits per heavy atom. The van der Waals surface area contributed by atoms with Gasteiger partial charge in [-0.25, -0.2) is 0 Å². The first-order chi connectivity index (χ1) is 11.1. The molecule has 0 unspecified atom stereocenters. The van der Waals surface area contributed by atoms with Crippen molar-refractivity contribution < 1.29 is 14.3 Å². The molecule has 0 bridgehead atoms. The highest BCUT2D eigenvalue weighted by Crippen LogP contribution is 2.13. The summed E-state index contributed by atoms with van der Waals surface area (Å²) < 4.78 is 5.40. The average molecular weight is 319 g/mol. The van der Waals surface area contributed by atoms with Crippen LogP contribution in [0, 0.1) is 0 Å². The zero-order chi connectivity index (χ0) is 16.7. The SMILES string of the molecule is CCOc1ccc(CC(=O)N2CCN(CC(=O)NC)CC2)cc1. The molecule has 1 aliphatic heterocycles. The summed E-state index contributed by atoms with van der Waals surface area (Å²) in [5.74, 6) is 0.972. The van der Waals surface area contributed by atoms with Crippen LogP contribution in [0.1, 0.15) is 12.5 Å². The van der Waals surface area contributed by atoms with Gasteiger partial charge in [-0.15, -0.1) is 0 Å². The van der Waals surface area contributed by atoms with Gasteiger partial charge < -0.3 is 15.0 Å². The van der Waals surface area contributed by atoms with Crippen molar-refractivity contribution >= 4 is 11.8 Å². The zero-order valence-corrected chi connectivity index (χ0v) is 13.9. The molecule has 1 heterocycles. The van der Waals surface area contributed by atoms with E-state index in [0.717, 1.165) is 24.4 Å². The molecule has 0 atom stereocenters. The van der Waals surface area contributed by atoms with E-state index in [-0.39, 0.29) is 11.8 Å². The maximum absolute atomic E-state index is 12.4. The minimum Gasteiger partial charge on any atom is -0.494 e. The predicted molar refractivity (Wildman–Crippen MR) is 88.4 cm³/mol. The van der Waals surface area contributed by atoms with Gasteiger partial charge in [0.15, 0.2) is 0 Å². The van der Waals surface area contributed by atoms with Crippen LogP contribution >= 0.6 is 0 Å². The number of benzene rings is 1. The van der Waals surface area contributed by atoms with Crippen molar-refractivity contribution in [2.45, 2.75) is 13.3 Å². The lowest BCUT2D eigenvalue weighted by atomic mass is 10.1. The average Bonchev–Trinajstić information content (AvgIpc) is 2.57. The molecule has 1 aromatic rings. The standard InChI is InChI=1S/C17H25N3O3/c1-3-23-15-6-4-14(5-7-15)12-17(22)20-10-8-19(9-11-20)13-16(21)18-2/h4-7H,3,8-13H2,1-2H3,(H,18,21). The minimum absolute atomic E-state index is 0.0131. The van der Waals surface area contributed by atoms with Gasteiger partial charge in [-0.1, -0.05) is 12.1 Å². The van der Waals surface area contributed by atoms with Gasteiger partial charge in [-0.2, -0.15) is 0 Å². The molecule has 0 aliphatic carbocycles. The molecule has 23 heavy (non-hydrogen) atoms. The van der Waals surface area contributed by atoms with Crippen molar-refractivity contribution in [3.63, 3.8) is 0 Å². The summed E-state index contributed by atoms with van der Waals surface area (Å²) in [5.41, 5.74) is 0.992. The van der Waals surface area contributed by atoms with E-state index >= 15 is 0 Å². The number of nitrogens with one attached hydrogen (secondary N) is 1. The number of rotatable bonds is 6. The fourth-order valence-electron chi connectivity index (χ4n) is 2.59. The monoisotopic (exact) mass is 319 g/mol. The largest absolute Gasteiger partial charge is 0.494 e. The normalized spacial score (nSPS) is 15.3. The predicted octanol–water partition coefficient (Wildman–Crippen LogP) is 0.518. The first kappa shape index (κ1) is 17.3. The number of nitrogens with zero attached hydrogens (tertiary/aromatic N) is 2. The first-order valence-electron chi connectivity index (χ1n) is 8.04. The van der Waals surface area contributed by atoms with Crippen LogP contribution in [0.2, 0.25) is 0 Å². The maximum atomic E-state index is 12.4. The van der Waals surface area contributed by atoms with Crippen LogP contribution in [-0.2, 0) is 16.0 Å². The van der Waals surface area contributed by atoms with E-state index in [2.05, 4.69) is 10.2 Å². The molecule has 126 valence electrons. The highest BCUT2D eigenvalue weighted by Gasteiger charge is 2.22. The van der Waals surface area contributed by atoms with Crippen molar-refractivity contribution in [2.75, 3.05) is 46.4 Å². The Labute approximate surface area is 137 Å². The Kier molecular flexibility index (Phi) is 6.40. The van der Waals surface area contributed by atoms with Crippen LogP contribution in [0.25, 0.3) is 0 Å². The number of piperazine rings is 1. The number of amides is 2. The summed E-state index contributed by atoms with van der Waals surface area (Å²) in [5, 5.41) is 2.62. The highest BCUT2D eigenvalue weighted by atomic mass is 16.5. The van der Waals surface area contributed by atoms with Gasteiger partial charge in [-0.3, -0.25) is 14.5 Å². The van der Waals surface area contributed by atoms with Gasteiger partial charge in [-0.05, 0) is 24.6 Å². The molecule has 2 amide bonds. The number of carbonyl (C=O) groups excluding carboxylic acids is 2. The molecule has 0 spiro atoms. The molecule has 1 aromatic carbocycles. The van der Waals surface area contributed by atoms with Crippen molar-refractivity contribution in [1.82, 2.24) is 15.1 Å². The van der Waals surface area contributed by atoms with Gasteiger partial charge >= 0.3 is 0 Å². The van der Waals surface area contributed by atoms with Crippen LogP contribution in [0.5, 0.6) is 5.75 Å². The summed E-state index contributed by atoms with van der Waals surface area (Å²) in [4.78, 5) is 27.7. The summed E-state index contributed by atoms with van der Waals surface area (Å²) >= 11 is 0. The summed E-state index contributed by atoms with van der Waals surface area (Å²) in [6.07, 6.45) is 0.405. The molecule has 6 heteroatoms. The van der Waals surface area contributed by atoms with E-state index in [4.69, 9.17) is 4.74 Å². The van der Waals surface area contributed by atoms with Gasteiger partial charge in [0.1, 0.15) is 5.75 Å². The molecule has 0 radical (unpaired) electrons. The smallest absolute Gasteiger partial charge is 0.233 e. The van der Waals surface area contributed by atoms with E-state index in [1.54, 1.807) is 7.05 Å². The Balaban J connectivity index is 1.79. The lowest BCUT2D eigenvalue weighted by Gasteiger charge is -2.34. The van der Waals surface area contributed by atoms with E-state index in [1.807, 2.05) is 36.1 Å². The van der Waals surface area contributed by atoms with Crippen LogP contribution in [0.3, 0.4) is 0 Å². The van der Waals surface area contributed by atoms with Crippen LogP contribution in [0.4, 0.5) is 0 Å². The third-order valence-electron chi connectivity index (χ3n) is 3.96. The fourth-order valence-corrected chi connectivity index (χ4v) is 2.59. The minimum atomic E-state index is 0.0131. The van der Waals surface area contributed by atoms with Gasteiger partial charge in [0.2, 0.25) is 11.8 Å². The molecule has 1 aliphatic rings. The Morgan fingerprint density at radius 2 is 1.78 bits per heavy atom. The number of hydrogen-bond acceptors (Lipinski definition) is 4. The van der Waals surface area contributed by atoms with E-state index in [9.17, 15) is 9.59 Å². The maximum Gasteiger partial charge on any atom is 0.233 e. The highest BCUT2D eigenvalue weighted by molar-refractivity contribution is 5.79.